The molecule has 2 aromatic rings. The third-order valence-electron chi connectivity index (χ3n) is 6.65. The van der Waals surface area contributed by atoms with Gasteiger partial charge in [0.15, 0.2) is 0 Å². The predicted molar refractivity (Wildman–Crippen MR) is 119 cm³/mol. The van der Waals surface area contributed by atoms with Gasteiger partial charge in [-0.05, 0) is 61.1 Å². The summed E-state index contributed by atoms with van der Waals surface area (Å²) in [5.41, 5.74) is 0.583. The van der Waals surface area contributed by atoms with Gasteiger partial charge in [0.25, 0.3) is 0 Å². The zero-order chi connectivity index (χ0) is 24.7. The number of alkyl halides is 3. The minimum absolute atomic E-state index is 0.0651. The van der Waals surface area contributed by atoms with Crippen LogP contribution in [0.4, 0.5) is 19.0 Å². The molecule has 4 rings (SSSR count). The lowest BCUT2D eigenvalue weighted by atomic mass is 9.83. The van der Waals surface area contributed by atoms with Crippen molar-refractivity contribution in [1.82, 2.24) is 9.29 Å². The van der Waals surface area contributed by atoms with Crippen molar-refractivity contribution >= 4 is 21.8 Å². The number of hydrogen-bond donors (Lipinski definition) is 1. The average Bonchev–Trinajstić information content (AvgIpc) is 2.82. The fourth-order valence-corrected chi connectivity index (χ4v) is 6.27. The summed E-state index contributed by atoms with van der Waals surface area (Å²) in [7, 11) is -3.87. The number of carbonyl (C=O) groups is 1. The Morgan fingerprint density at radius 3 is 2.59 bits per heavy atom. The number of aromatic nitrogens is 1. The van der Waals surface area contributed by atoms with Gasteiger partial charge in [-0.15, -0.1) is 0 Å². The normalized spacial score (nSPS) is 21.8. The molecule has 0 bridgehead atoms. The van der Waals surface area contributed by atoms with Crippen LogP contribution in [0.3, 0.4) is 0 Å². The summed E-state index contributed by atoms with van der Waals surface area (Å²) in [5, 5.41) is 9.56. The Hall–Kier alpha value is -2.66. The number of sulfonamides is 1. The van der Waals surface area contributed by atoms with E-state index >= 15 is 0 Å². The Morgan fingerprint density at radius 1 is 1.21 bits per heavy atom. The maximum atomic E-state index is 13.4. The van der Waals surface area contributed by atoms with Crippen molar-refractivity contribution in [2.75, 3.05) is 24.5 Å². The lowest BCUT2D eigenvalue weighted by Crippen LogP contribution is -2.54. The van der Waals surface area contributed by atoms with E-state index in [1.54, 1.807) is 6.07 Å². The smallest absolute Gasteiger partial charge is 0.417 e. The highest BCUT2D eigenvalue weighted by molar-refractivity contribution is 7.89. The van der Waals surface area contributed by atoms with Gasteiger partial charge in [-0.25, -0.2) is 13.4 Å². The quantitative estimate of drug-likeness (QED) is 0.674. The van der Waals surface area contributed by atoms with Gasteiger partial charge in [0, 0.05) is 31.9 Å². The molecule has 1 aromatic carbocycles. The van der Waals surface area contributed by atoms with Gasteiger partial charge in [0.2, 0.25) is 10.0 Å². The van der Waals surface area contributed by atoms with Crippen LogP contribution in [0.2, 0.25) is 0 Å². The van der Waals surface area contributed by atoms with Crippen LogP contribution < -0.4 is 4.90 Å². The first-order chi connectivity index (χ1) is 16.0. The van der Waals surface area contributed by atoms with Gasteiger partial charge in [0.1, 0.15) is 5.82 Å². The number of fused-ring (bicyclic) bond motifs is 1. The Morgan fingerprint density at radius 2 is 1.97 bits per heavy atom. The molecule has 11 heteroatoms. The van der Waals surface area contributed by atoms with Gasteiger partial charge in [-0.1, -0.05) is 13.0 Å². The highest BCUT2D eigenvalue weighted by Gasteiger charge is 2.36. The molecule has 0 saturated carbocycles. The number of hydrogen-bond acceptors (Lipinski definition) is 5. The van der Waals surface area contributed by atoms with Crippen molar-refractivity contribution in [3.8, 4) is 0 Å². The van der Waals surface area contributed by atoms with Crippen LogP contribution in [0.5, 0.6) is 0 Å². The zero-order valence-corrected chi connectivity index (χ0v) is 19.4. The van der Waals surface area contributed by atoms with E-state index in [0.29, 0.717) is 24.2 Å². The van der Waals surface area contributed by atoms with Gasteiger partial charge >= 0.3 is 12.1 Å². The summed E-state index contributed by atoms with van der Waals surface area (Å²) < 4.78 is 66.8. The average molecular weight is 498 g/mol. The number of carboxylic acid groups (broad SMARTS) is 1. The van der Waals surface area contributed by atoms with Crippen LogP contribution in [0.15, 0.2) is 41.4 Å². The molecule has 1 saturated heterocycles. The summed E-state index contributed by atoms with van der Waals surface area (Å²) >= 11 is 0. The molecule has 184 valence electrons. The number of pyridine rings is 1. The standard InChI is InChI=1S/C23H26F3N3O4S/c1-2-17-14-28(10-11-29(17)21-9-7-16(13-27-21)23(24,25)26)34(32,33)18-8-6-15-4-3-5-19(22(30)31)20(15)12-18/h6-9,12-13,17,19H,2-5,10-11,14H2,1H3,(H,30,31). The minimum Gasteiger partial charge on any atom is -0.481 e. The van der Waals surface area contributed by atoms with Crippen LogP contribution in [-0.2, 0) is 27.4 Å². The maximum absolute atomic E-state index is 13.4. The highest BCUT2D eigenvalue weighted by atomic mass is 32.2. The van der Waals surface area contributed by atoms with E-state index < -0.39 is 33.7 Å². The highest BCUT2D eigenvalue weighted by Crippen LogP contribution is 2.35. The molecule has 0 spiro atoms. The second-order valence-electron chi connectivity index (χ2n) is 8.67. The third-order valence-corrected chi connectivity index (χ3v) is 8.51. The maximum Gasteiger partial charge on any atom is 0.417 e. The SMILES string of the molecule is CCC1CN(S(=O)(=O)c2ccc3c(c2)C(C(=O)O)CCC3)CCN1c1ccc(C(F)(F)F)cn1. The number of rotatable bonds is 5. The second-order valence-corrected chi connectivity index (χ2v) is 10.6. The van der Waals surface area contributed by atoms with Crippen molar-refractivity contribution in [2.45, 2.75) is 55.6 Å². The van der Waals surface area contributed by atoms with Crippen molar-refractivity contribution in [1.29, 1.82) is 0 Å². The summed E-state index contributed by atoms with van der Waals surface area (Å²) in [6.07, 6.45) is -1.18. The van der Waals surface area contributed by atoms with Crippen LogP contribution in [0, 0.1) is 0 Å². The van der Waals surface area contributed by atoms with E-state index in [0.717, 1.165) is 30.7 Å². The molecule has 1 aliphatic heterocycles. The first-order valence-corrected chi connectivity index (χ1v) is 12.6. The van der Waals surface area contributed by atoms with E-state index in [9.17, 15) is 31.5 Å². The van der Waals surface area contributed by atoms with Crippen LogP contribution in [0.25, 0.3) is 0 Å². The second kappa shape index (κ2) is 9.18. The van der Waals surface area contributed by atoms with Gasteiger partial charge in [-0.3, -0.25) is 4.79 Å². The zero-order valence-electron chi connectivity index (χ0n) is 18.6. The molecule has 1 aliphatic carbocycles. The molecule has 0 radical (unpaired) electrons. The number of halogens is 3. The molecule has 2 aliphatic rings. The molecule has 34 heavy (non-hydrogen) atoms. The molecule has 1 aromatic heterocycles. The fraction of sp³-hybridized carbons (Fsp3) is 0.478. The van der Waals surface area contributed by atoms with E-state index in [-0.39, 0.29) is 30.6 Å². The predicted octanol–water partition coefficient (Wildman–Crippen LogP) is 3.89. The van der Waals surface area contributed by atoms with Crippen molar-refractivity contribution in [3.05, 3.63) is 53.2 Å². The van der Waals surface area contributed by atoms with E-state index in [2.05, 4.69) is 4.98 Å². The molecule has 7 nitrogen and oxygen atoms in total. The summed E-state index contributed by atoms with van der Waals surface area (Å²) in [6.45, 7) is 2.45. The van der Waals surface area contributed by atoms with Crippen molar-refractivity contribution < 1.29 is 31.5 Å². The minimum atomic E-state index is -4.48. The number of aryl methyl sites for hydroxylation is 1. The number of benzene rings is 1. The van der Waals surface area contributed by atoms with Gasteiger partial charge in [0.05, 0.1) is 16.4 Å². The number of piperazine rings is 1. The van der Waals surface area contributed by atoms with Crippen LogP contribution in [-0.4, -0.2) is 54.5 Å². The number of carboxylic acids is 1. The van der Waals surface area contributed by atoms with E-state index in [4.69, 9.17) is 0 Å². The molecule has 1 N–H and O–H groups in total. The number of nitrogens with zero attached hydrogens (tertiary/aromatic N) is 3. The molecule has 1 fully saturated rings. The number of anilines is 1. The van der Waals surface area contributed by atoms with Crippen LogP contribution in [0.1, 0.15) is 48.8 Å². The Kier molecular flexibility index (Phi) is 6.61. The summed E-state index contributed by atoms with van der Waals surface area (Å²) in [6, 6.07) is 6.75. The summed E-state index contributed by atoms with van der Waals surface area (Å²) in [5.74, 6) is -1.31. The molecular formula is C23H26F3N3O4S. The Bertz CT molecular complexity index is 1170. The molecule has 2 heterocycles. The van der Waals surface area contributed by atoms with Gasteiger partial charge < -0.3 is 10.0 Å². The topological polar surface area (TPSA) is 90.8 Å². The van der Waals surface area contributed by atoms with Gasteiger partial charge in [-0.2, -0.15) is 17.5 Å². The van der Waals surface area contributed by atoms with E-state index in [1.165, 1.54) is 22.5 Å². The lowest BCUT2D eigenvalue weighted by molar-refractivity contribution is -0.139. The van der Waals surface area contributed by atoms with Crippen molar-refractivity contribution in [2.24, 2.45) is 0 Å². The molecule has 2 atom stereocenters. The molecule has 0 amide bonds. The Balaban J connectivity index is 1.56. The van der Waals surface area contributed by atoms with E-state index in [1.807, 2.05) is 11.8 Å². The largest absolute Gasteiger partial charge is 0.481 e. The van der Waals surface area contributed by atoms with Crippen molar-refractivity contribution in [3.63, 3.8) is 0 Å². The van der Waals surface area contributed by atoms with Crippen LogP contribution >= 0.6 is 0 Å². The fourth-order valence-electron chi connectivity index (χ4n) is 4.76. The number of aliphatic carboxylic acids is 1. The third kappa shape index (κ3) is 4.63. The lowest BCUT2D eigenvalue weighted by Gasteiger charge is -2.41. The first-order valence-electron chi connectivity index (χ1n) is 11.2. The molecule has 2 unspecified atom stereocenters. The first kappa shape index (κ1) is 24.5. The Labute approximate surface area is 196 Å². The summed E-state index contributed by atoms with van der Waals surface area (Å²) in [4.78, 5) is 17.5. The monoisotopic (exact) mass is 497 g/mol. The molecular weight excluding hydrogens is 471 g/mol.